The molecule has 0 aliphatic heterocycles. The molecule has 3 rings (SSSR count). The Hall–Kier alpha value is -3.17. The fourth-order valence-corrected chi connectivity index (χ4v) is 3.12. The van der Waals surface area contributed by atoms with E-state index in [9.17, 15) is 15.0 Å². The number of rotatable bonds is 7. The number of aromatic nitrogens is 3. The molecule has 0 aliphatic carbocycles. The van der Waals surface area contributed by atoms with E-state index in [1.54, 1.807) is 6.07 Å². The van der Waals surface area contributed by atoms with E-state index in [0.29, 0.717) is 22.5 Å². The Balaban J connectivity index is 1.83. The van der Waals surface area contributed by atoms with Crippen LogP contribution in [0, 0.1) is 5.92 Å². The molecule has 0 fully saturated rings. The Morgan fingerprint density at radius 3 is 2.62 bits per heavy atom. The normalized spacial score (nSPS) is 13.3. The standard InChI is InChI=1S/C20H25N5O4/c1-11(2)18(27)17(12-7-5-4-6-8-12)23-20(28)22-15-9-13-16(14(10-26)21-15)19(29-3)25-24-13/h4-9,11,17-18,26-27H,10H2,1-3H3,(H,24,25)(H2,21,22,23,28)/t17-,18+/m0/s1. The molecule has 1 aromatic carbocycles. The van der Waals surface area contributed by atoms with Gasteiger partial charge in [0.25, 0.3) is 0 Å². The summed E-state index contributed by atoms with van der Waals surface area (Å²) in [6.45, 7) is 3.42. The number of hydrogen-bond donors (Lipinski definition) is 5. The molecule has 0 radical (unpaired) electrons. The minimum atomic E-state index is -0.775. The lowest BCUT2D eigenvalue weighted by Crippen LogP contribution is -2.41. The van der Waals surface area contributed by atoms with Crippen molar-refractivity contribution in [1.29, 1.82) is 0 Å². The molecule has 9 nitrogen and oxygen atoms in total. The zero-order chi connectivity index (χ0) is 21.0. The monoisotopic (exact) mass is 399 g/mol. The van der Waals surface area contributed by atoms with Gasteiger partial charge in [0.15, 0.2) is 0 Å². The number of carbonyl (C=O) groups is 1. The van der Waals surface area contributed by atoms with Crippen LogP contribution < -0.4 is 15.4 Å². The van der Waals surface area contributed by atoms with Gasteiger partial charge >= 0.3 is 6.03 Å². The van der Waals surface area contributed by atoms with Gasteiger partial charge in [-0.2, -0.15) is 0 Å². The van der Waals surface area contributed by atoms with Crippen LogP contribution >= 0.6 is 0 Å². The zero-order valence-electron chi connectivity index (χ0n) is 16.5. The first kappa shape index (κ1) is 20.6. The summed E-state index contributed by atoms with van der Waals surface area (Å²) in [7, 11) is 1.47. The van der Waals surface area contributed by atoms with Gasteiger partial charge < -0.3 is 20.3 Å². The maximum absolute atomic E-state index is 12.6. The van der Waals surface area contributed by atoms with E-state index < -0.39 is 18.2 Å². The van der Waals surface area contributed by atoms with Crippen molar-refractivity contribution in [2.24, 2.45) is 5.92 Å². The molecule has 0 unspecified atom stereocenters. The van der Waals surface area contributed by atoms with Crippen LogP contribution in [0.2, 0.25) is 0 Å². The molecule has 2 atom stereocenters. The third-order valence-electron chi connectivity index (χ3n) is 4.64. The molecule has 9 heteroatoms. The second-order valence-corrected chi connectivity index (χ2v) is 6.99. The van der Waals surface area contributed by atoms with Crippen molar-refractivity contribution < 1.29 is 19.7 Å². The molecule has 29 heavy (non-hydrogen) atoms. The SMILES string of the molecule is COc1n[nH]c2cc(NC(=O)N[C@@H](c3ccccc3)[C@H](O)C(C)C)nc(CO)c12. The van der Waals surface area contributed by atoms with Crippen molar-refractivity contribution in [2.45, 2.75) is 32.6 Å². The summed E-state index contributed by atoms with van der Waals surface area (Å²) < 4.78 is 5.16. The molecule has 0 aliphatic rings. The first-order valence-corrected chi connectivity index (χ1v) is 9.28. The highest BCUT2D eigenvalue weighted by molar-refractivity contribution is 5.93. The highest BCUT2D eigenvalue weighted by Gasteiger charge is 2.26. The van der Waals surface area contributed by atoms with E-state index in [-0.39, 0.29) is 18.3 Å². The summed E-state index contributed by atoms with van der Waals surface area (Å²) in [5.74, 6) is 0.487. The van der Waals surface area contributed by atoms with Crippen LogP contribution in [0.25, 0.3) is 10.9 Å². The number of aliphatic hydroxyl groups excluding tert-OH is 2. The van der Waals surface area contributed by atoms with E-state index in [1.165, 1.54) is 7.11 Å². The number of nitrogens with zero attached hydrogens (tertiary/aromatic N) is 2. The summed E-state index contributed by atoms with van der Waals surface area (Å²) in [6.07, 6.45) is -0.775. The number of nitrogens with one attached hydrogen (secondary N) is 3. The number of fused-ring (bicyclic) bond motifs is 1. The van der Waals surface area contributed by atoms with E-state index >= 15 is 0 Å². The molecule has 3 aromatic rings. The lowest BCUT2D eigenvalue weighted by molar-refractivity contribution is 0.0870. The van der Waals surface area contributed by atoms with Crippen LogP contribution in [0.3, 0.4) is 0 Å². The van der Waals surface area contributed by atoms with Gasteiger partial charge in [-0.15, -0.1) is 5.10 Å². The molecular weight excluding hydrogens is 374 g/mol. The third-order valence-corrected chi connectivity index (χ3v) is 4.64. The van der Waals surface area contributed by atoms with Gasteiger partial charge in [-0.25, -0.2) is 9.78 Å². The molecule has 5 N–H and O–H groups in total. The maximum Gasteiger partial charge on any atom is 0.320 e. The lowest BCUT2D eigenvalue weighted by atomic mass is 9.94. The third kappa shape index (κ3) is 4.47. The maximum atomic E-state index is 12.6. The molecule has 0 spiro atoms. The van der Waals surface area contributed by atoms with Crippen LogP contribution in [-0.2, 0) is 6.61 Å². The fourth-order valence-electron chi connectivity index (χ4n) is 3.12. The molecule has 0 saturated heterocycles. The average molecular weight is 399 g/mol. The second-order valence-electron chi connectivity index (χ2n) is 6.99. The van der Waals surface area contributed by atoms with Crippen LogP contribution in [-0.4, -0.2) is 44.6 Å². The zero-order valence-corrected chi connectivity index (χ0v) is 16.5. The van der Waals surface area contributed by atoms with E-state index in [4.69, 9.17) is 4.74 Å². The number of urea groups is 1. The predicted octanol–water partition coefficient (Wildman–Crippen LogP) is 2.34. The van der Waals surface area contributed by atoms with Crippen molar-refractivity contribution in [3.8, 4) is 5.88 Å². The van der Waals surface area contributed by atoms with Gasteiger partial charge in [0, 0.05) is 6.07 Å². The summed E-state index contributed by atoms with van der Waals surface area (Å²) in [6, 6.07) is 9.75. The summed E-state index contributed by atoms with van der Waals surface area (Å²) in [5.41, 5.74) is 1.69. The number of H-pyrrole nitrogens is 1. The van der Waals surface area contributed by atoms with Crippen molar-refractivity contribution in [3.63, 3.8) is 0 Å². The summed E-state index contributed by atoms with van der Waals surface area (Å²) >= 11 is 0. The Morgan fingerprint density at radius 2 is 2.00 bits per heavy atom. The quantitative estimate of drug-likeness (QED) is 0.414. The number of aromatic amines is 1. The molecule has 0 bridgehead atoms. The van der Waals surface area contributed by atoms with Gasteiger partial charge in [0.2, 0.25) is 5.88 Å². The summed E-state index contributed by atoms with van der Waals surface area (Å²) in [4.78, 5) is 16.9. The molecule has 2 amide bonds. The molecule has 154 valence electrons. The molecule has 2 aromatic heterocycles. The Morgan fingerprint density at radius 1 is 1.28 bits per heavy atom. The van der Waals surface area contributed by atoms with Gasteiger partial charge in [-0.3, -0.25) is 10.4 Å². The number of methoxy groups -OCH3 is 1. The van der Waals surface area contributed by atoms with E-state index in [0.717, 1.165) is 5.56 Å². The number of benzene rings is 1. The first-order valence-electron chi connectivity index (χ1n) is 9.28. The van der Waals surface area contributed by atoms with Crippen LogP contribution in [0.5, 0.6) is 5.88 Å². The number of ether oxygens (including phenoxy) is 1. The minimum Gasteiger partial charge on any atom is -0.479 e. The smallest absolute Gasteiger partial charge is 0.320 e. The fraction of sp³-hybridized carbons (Fsp3) is 0.350. The van der Waals surface area contributed by atoms with Gasteiger partial charge in [-0.05, 0) is 11.5 Å². The van der Waals surface area contributed by atoms with Crippen molar-refractivity contribution in [2.75, 3.05) is 12.4 Å². The lowest BCUT2D eigenvalue weighted by Gasteiger charge is -2.27. The number of amides is 2. The van der Waals surface area contributed by atoms with Crippen LogP contribution in [0.15, 0.2) is 36.4 Å². The topological polar surface area (TPSA) is 132 Å². The predicted molar refractivity (Wildman–Crippen MR) is 109 cm³/mol. The Kier molecular flexibility index (Phi) is 6.30. The van der Waals surface area contributed by atoms with Crippen molar-refractivity contribution in [1.82, 2.24) is 20.5 Å². The second kappa shape index (κ2) is 8.89. The summed E-state index contributed by atoms with van der Waals surface area (Å²) in [5, 5.41) is 33.1. The van der Waals surface area contributed by atoms with Gasteiger partial charge in [0.1, 0.15) is 5.82 Å². The average Bonchev–Trinajstić information content (AvgIpc) is 3.14. The number of aliphatic hydroxyl groups is 2. The highest BCUT2D eigenvalue weighted by atomic mass is 16.5. The highest BCUT2D eigenvalue weighted by Crippen LogP contribution is 2.28. The van der Waals surface area contributed by atoms with E-state index in [2.05, 4.69) is 25.8 Å². The van der Waals surface area contributed by atoms with Gasteiger partial charge in [-0.1, -0.05) is 44.2 Å². The van der Waals surface area contributed by atoms with Crippen molar-refractivity contribution in [3.05, 3.63) is 47.7 Å². The van der Waals surface area contributed by atoms with Crippen LogP contribution in [0.1, 0.15) is 31.1 Å². The molecule has 2 heterocycles. The molecular formula is C20H25N5O4. The van der Waals surface area contributed by atoms with Crippen LogP contribution in [0.4, 0.5) is 10.6 Å². The Labute approximate surface area is 168 Å². The Bertz CT molecular complexity index is 974. The molecule has 0 saturated carbocycles. The number of carbonyl (C=O) groups excluding carboxylic acids is 1. The number of pyridine rings is 1. The van der Waals surface area contributed by atoms with Crippen molar-refractivity contribution >= 4 is 22.8 Å². The minimum absolute atomic E-state index is 0.0616. The first-order chi connectivity index (χ1) is 13.9. The number of anilines is 1. The largest absolute Gasteiger partial charge is 0.479 e. The number of hydrogen-bond acceptors (Lipinski definition) is 6. The van der Waals surface area contributed by atoms with Gasteiger partial charge in [0.05, 0.1) is 42.5 Å². The van der Waals surface area contributed by atoms with E-state index in [1.807, 2.05) is 44.2 Å².